The molecule has 1 unspecified atom stereocenters. The van der Waals surface area contributed by atoms with E-state index in [0.717, 1.165) is 30.7 Å². The van der Waals surface area contributed by atoms with Crippen LogP contribution >= 0.6 is 0 Å². The first-order chi connectivity index (χ1) is 17.0. The number of amides is 1. The third-order valence-electron chi connectivity index (χ3n) is 8.17. The first-order valence-electron chi connectivity index (χ1n) is 13.3. The molecule has 0 spiro atoms. The predicted molar refractivity (Wildman–Crippen MR) is 131 cm³/mol. The minimum absolute atomic E-state index is 0.0554. The molecule has 0 bridgehead atoms. The van der Waals surface area contributed by atoms with E-state index in [1.54, 1.807) is 10.7 Å². The Hall–Kier alpha value is -2.20. The van der Waals surface area contributed by atoms with Crippen molar-refractivity contribution >= 4 is 11.7 Å². The summed E-state index contributed by atoms with van der Waals surface area (Å²) in [7, 11) is 0. The Morgan fingerprint density at radius 3 is 2.83 bits per heavy atom. The van der Waals surface area contributed by atoms with Crippen molar-refractivity contribution in [2.45, 2.75) is 95.6 Å². The molecule has 5 rings (SSSR count). The van der Waals surface area contributed by atoms with Crippen LogP contribution in [0.2, 0.25) is 0 Å². The van der Waals surface area contributed by atoms with Crippen LogP contribution in [0, 0.1) is 17.8 Å². The van der Waals surface area contributed by atoms with Crippen LogP contribution in [0.3, 0.4) is 0 Å². The molecule has 0 radical (unpaired) electrons. The zero-order chi connectivity index (χ0) is 25.7. The maximum atomic E-state index is 14.0. The number of hydrogen-bond acceptors (Lipinski definition) is 6. The van der Waals surface area contributed by atoms with Crippen LogP contribution in [-0.4, -0.2) is 50.2 Å². The molecule has 5 atom stereocenters. The van der Waals surface area contributed by atoms with Crippen molar-refractivity contribution in [2.24, 2.45) is 23.5 Å². The van der Waals surface area contributed by atoms with Crippen molar-refractivity contribution in [2.75, 3.05) is 13.2 Å². The number of ether oxygens (including phenoxy) is 1. The quantitative estimate of drug-likeness (QED) is 0.639. The van der Waals surface area contributed by atoms with Crippen molar-refractivity contribution in [1.82, 2.24) is 24.9 Å². The van der Waals surface area contributed by atoms with E-state index in [9.17, 15) is 13.6 Å². The van der Waals surface area contributed by atoms with Gasteiger partial charge >= 0.3 is 0 Å². The molecule has 3 fully saturated rings. The molecule has 3 aliphatic rings. The fourth-order valence-corrected chi connectivity index (χ4v) is 6.24. The second-order valence-corrected chi connectivity index (χ2v) is 11.9. The van der Waals surface area contributed by atoms with Gasteiger partial charge < -0.3 is 15.8 Å². The molecule has 1 saturated carbocycles. The standard InChI is InChI=1S/C26H38F2N6O2/c1-15-9-18(23(35)30-13-15)10-19-22(17-6-8-36-25(2,3)11-17)32-24-31-20(14-34(24)33-19)21(29)16-5-4-7-26(27,28)12-16/h14-18,21H,4-13,29H2,1-3H3,(H,30,35)/t15-,16+,17?,18-,21+/m1/s1. The summed E-state index contributed by atoms with van der Waals surface area (Å²) in [6.45, 7) is 7.62. The SMILES string of the molecule is C[C@H]1CNC(=O)[C@@H](Cc2nn3cc([C@@H](N)[C@H]4CCCC(F)(F)C4)nc3nc2C2CCOC(C)(C)C2)C1. The van der Waals surface area contributed by atoms with Gasteiger partial charge in [0, 0.05) is 44.2 Å². The number of aromatic nitrogens is 4. The highest BCUT2D eigenvalue weighted by atomic mass is 19.3. The minimum atomic E-state index is -2.68. The topological polar surface area (TPSA) is 107 Å². The first-order valence-corrected chi connectivity index (χ1v) is 13.3. The largest absolute Gasteiger partial charge is 0.376 e. The molecule has 2 aliphatic heterocycles. The number of imidazole rings is 1. The van der Waals surface area contributed by atoms with Gasteiger partial charge in [-0.1, -0.05) is 6.92 Å². The number of nitrogens with zero attached hydrogens (tertiary/aromatic N) is 4. The van der Waals surface area contributed by atoms with Gasteiger partial charge in [0.15, 0.2) is 0 Å². The first kappa shape index (κ1) is 25.4. The monoisotopic (exact) mass is 504 g/mol. The number of hydrogen-bond donors (Lipinski definition) is 2. The molecule has 36 heavy (non-hydrogen) atoms. The Labute approximate surface area is 210 Å². The number of halogens is 2. The van der Waals surface area contributed by atoms with E-state index in [0.29, 0.717) is 49.8 Å². The molecule has 1 aliphatic carbocycles. The Morgan fingerprint density at radius 1 is 1.28 bits per heavy atom. The summed E-state index contributed by atoms with van der Waals surface area (Å²) >= 11 is 0. The lowest BCUT2D eigenvalue weighted by molar-refractivity contribution is -0.127. The summed E-state index contributed by atoms with van der Waals surface area (Å²) < 4.78 is 35.6. The third-order valence-corrected chi connectivity index (χ3v) is 8.17. The molecule has 10 heteroatoms. The third kappa shape index (κ3) is 5.39. The molecule has 0 aromatic carbocycles. The number of carbonyl (C=O) groups excluding carboxylic acids is 1. The van der Waals surface area contributed by atoms with Crippen LogP contribution in [0.25, 0.3) is 5.78 Å². The van der Waals surface area contributed by atoms with E-state index in [4.69, 9.17) is 20.6 Å². The molecule has 8 nitrogen and oxygen atoms in total. The van der Waals surface area contributed by atoms with E-state index < -0.39 is 12.0 Å². The van der Waals surface area contributed by atoms with Crippen LogP contribution in [0.4, 0.5) is 8.78 Å². The lowest BCUT2D eigenvalue weighted by Crippen LogP contribution is -2.42. The van der Waals surface area contributed by atoms with Gasteiger partial charge in [-0.3, -0.25) is 4.79 Å². The molecule has 2 saturated heterocycles. The molecule has 1 amide bonds. The van der Waals surface area contributed by atoms with Crippen molar-refractivity contribution in [1.29, 1.82) is 0 Å². The fraction of sp³-hybridized carbons (Fsp3) is 0.769. The van der Waals surface area contributed by atoms with Gasteiger partial charge in [0.25, 0.3) is 5.78 Å². The van der Waals surface area contributed by atoms with Gasteiger partial charge in [-0.25, -0.2) is 23.3 Å². The van der Waals surface area contributed by atoms with Crippen LogP contribution in [0.15, 0.2) is 6.20 Å². The number of nitrogens with one attached hydrogen (secondary N) is 1. The van der Waals surface area contributed by atoms with Crippen LogP contribution in [0.5, 0.6) is 0 Å². The Bertz CT molecular complexity index is 1120. The van der Waals surface area contributed by atoms with Gasteiger partial charge in [0.1, 0.15) is 0 Å². The van der Waals surface area contributed by atoms with E-state index in [1.165, 1.54) is 0 Å². The Morgan fingerprint density at radius 2 is 2.08 bits per heavy atom. The second kappa shape index (κ2) is 9.59. The zero-order valence-electron chi connectivity index (χ0n) is 21.5. The molecule has 198 valence electrons. The maximum Gasteiger partial charge on any atom is 0.251 e. The van der Waals surface area contributed by atoms with Crippen molar-refractivity contribution in [3.05, 3.63) is 23.3 Å². The molecule has 2 aromatic heterocycles. The predicted octanol–water partition coefficient (Wildman–Crippen LogP) is 3.94. The summed E-state index contributed by atoms with van der Waals surface area (Å²) in [6, 6.07) is -0.599. The lowest BCUT2D eigenvalue weighted by Gasteiger charge is -2.36. The normalized spacial score (nSPS) is 31.2. The Balaban J connectivity index is 1.49. The minimum Gasteiger partial charge on any atom is -0.376 e. The average Bonchev–Trinajstić information content (AvgIpc) is 3.22. The molecule has 3 N–H and O–H groups in total. The summed E-state index contributed by atoms with van der Waals surface area (Å²) in [5.41, 5.74) is 8.37. The highest BCUT2D eigenvalue weighted by Crippen LogP contribution is 2.41. The Kier molecular flexibility index (Phi) is 6.78. The summed E-state index contributed by atoms with van der Waals surface area (Å²) in [5, 5.41) is 7.90. The molecule has 2 aromatic rings. The number of alkyl halides is 2. The van der Waals surface area contributed by atoms with Gasteiger partial charge in [0.05, 0.1) is 34.9 Å². The number of nitrogens with two attached hydrogens (primary N) is 1. The van der Waals surface area contributed by atoms with Crippen molar-refractivity contribution in [3.63, 3.8) is 0 Å². The second-order valence-electron chi connectivity index (χ2n) is 11.9. The summed E-state index contributed by atoms with van der Waals surface area (Å²) in [6.07, 6.45) is 5.48. The molecular formula is C26H38F2N6O2. The van der Waals surface area contributed by atoms with Gasteiger partial charge in [-0.2, -0.15) is 5.10 Å². The summed E-state index contributed by atoms with van der Waals surface area (Å²) in [4.78, 5) is 22.2. The average molecular weight is 505 g/mol. The molecular weight excluding hydrogens is 466 g/mol. The van der Waals surface area contributed by atoms with E-state index in [1.807, 2.05) is 0 Å². The van der Waals surface area contributed by atoms with Crippen LogP contribution in [-0.2, 0) is 16.0 Å². The smallest absolute Gasteiger partial charge is 0.251 e. The number of carbonyl (C=O) groups is 1. The van der Waals surface area contributed by atoms with Gasteiger partial charge in [0.2, 0.25) is 11.8 Å². The number of rotatable bonds is 5. The van der Waals surface area contributed by atoms with Gasteiger partial charge in [-0.15, -0.1) is 0 Å². The number of piperidine rings is 1. The zero-order valence-corrected chi connectivity index (χ0v) is 21.5. The van der Waals surface area contributed by atoms with Crippen LogP contribution < -0.4 is 11.1 Å². The highest BCUT2D eigenvalue weighted by Gasteiger charge is 2.40. The van der Waals surface area contributed by atoms with E-state index in [2.05, 4.69) is 31.1 Å². The fourth-order valence-electron chi connectivity index (χ4n) is 6.24. The van der Waals surface area contributed by atoms with Gasteiger partial charge in [-0.05, 0) is 57.8 Å². The number of fused-ring (bicyclic) bond motifs is 1. The lowest BCUT2D eigenvalue weighted by atomic mass is 9.81. The van der Waals surface area contributed by atoms with Crippen molar-refractivity contribution < 1.29 is 18.3 Å². The maximum absolute atomic E-state index is 14.0. The van der Waals surface area contributed by atoms with Crippen LogP contribution in [0.1, 0.15) is 94.8 Å². The van der Waals surface area contributed by atoms with E-state index >= 15 is 0 Å². The highest BCUT2D eigenvalue weighted by molar-refractivity contribution is 5.79. The van der Waals surface area contributed by atoms with E-state index in [-0.39, 0.29) is 42.1 Å². The summed E-state index contributed by atoms with van der Waals surface area (Å²) in [5.74, 6) is -2.16. The van der Waals surface area contributed by atoms with Crippen molar-refractivity contribution in [3.8, 4) is 0 Å². The molecule has 4 heterocycles.